The number of benzene rings is 8. The van der Waals surface area contributed by atoms with Gasteiger partial charge in [-0.25, -0.2) is 0 Å². The zero-order valence-corrected chi connectivity index (χ0v) is 71.0. The van der Waals surface area contributed by atoms with Crippen molar-refractivity contribution in [3.05, 3.63) is 258 Å². The minimum atomic E-state index is 0.798. The first-order valence-electron chi connectivity index (χ1n) is 45.7. The van der Waals surface area contributed by atoms with Gasteiger partial charge in [0, 0.05) is 66.4 Å². The fourth-order valence-corrected chi connectivity index (χ4v) is 15.3. The van der Waals surface area contributed by atoms with Crippen molar-refractivity contribution in [1.82, 2.24) is 0 Å². The Labute approximate surface area is 685 Å². The van der Waals surface area contributed by atoms with Crippen LogP contribution in [0.2, 0.25) is 0 Å². The molecular formula is C112H140. The average molecular weight is 1490 g/mol. The molecule has 0 atom stereocenters. The smallest absolute Gasteiger partial charge is 0.0568 e. The Balaban J connectivity index is 1.33. The van der Waals surface area contributed by atoms with E-state index in [-0.39, 0.29) is 0 Å². The molecule has 0 heterocycles. The molecule has 0 radical (unpaired) electrons. The predicted octanol–water partition coefficient (Wildman–Crippen LogP) is 31.0. The van der Waals surface area contributed by atoms with Gasteiger partial charge in [0.25, 0.3) is 0 Å². The van der Waals surface area contributed by atoms with Crippen molar-refractivity contribution in [3.63, 3.8) is 0 Å². The lowest BCUT2D eigenvalue weighted by Gasteiger charge is -2.13. The Hall–Kier alpha value is -8.62. The minimum absolute atomic E-state index is 0.798. The molecule has 0 unspecified atom stereocenters. The molecule has 0 N–H and O–H groups in total. The first-order chi connectivity index (χ1) is 55.4. The fraction of sp³-hybridized carbons (Fsp3) is 0.482. The second-order valence-electron chi connectivity index (χ2n) is 32.4. The van der Waals surface area contributed by atoms with Crippen molar-refractivity contribution >= 4 is 10.8 Å². The summed E-state index contributed by atoms with van der Waals surface area (Å²) in [7, 11) is 0. The highest BCUT2D eigenvalue weighted by atomic mass is 14.2. The van der Waals surface area contributed by atoms with Crippen molar-refractivity contribution < 1.29 is 0 Å². The Bertz CT molecular complexity index is 4060. The topological polar surface area (TPSA) is 0 Å². The number of rotatable bonds is 48. The SMILES string of the molecule is CCCCCCCCCc1ccc(C#Cc2cc3c(C#Cc4ccc(CCCCCCCCC)cc4)c(C#Cc4ccc(CCCCCCCCC)cc4)c(C#Cc4ccc(CCCCCCCCC)cc4)cc3c(C#Cc3ccc(CCCCCCCCC)cc3)c2C#Cc2ccc(CCCCCCCCC)cc2)cc1. The zero-order chi connectivity index (χ0) is 78.4. The molecule has 0 bridgehead atoms. The van der Waals surface area contributed by atoms with Gasteiger partial charge in [-0.1, -0.05) is 417 Å². The summed E-state index contributed by atoms with van der Waals surface area (Å²) in [6.07, 6.45) is 61.0. The Morgan fingerprint density at radius 1 is 0.152 bits per heavy atom. The second-order valence-corrected chi connectivity index (χ2v) is 32.4. The normalized spacial score (nSPS) is 10.8. The molecule has 8 rings (SSSR count). The van der Waals surface area contributed by atoms with Gasteiger partial charge in [-0.05, 0) is 195 Å². The molecule has 0 saturated carbocycles. The van der Waals surface area contributed by atoms with Crippen LogP contribution < -0.4 is 0 Å². The molecule has 0 fully saturated rings. The van der Waals surface area contributed by atoms with Gasteiger partial charge in [-0.15, -0.1) is 0 Å². The molecule has 0 amide bonds. The van der Waals surface area contributed by atoms with Crippen LogP contribution in [0.15, 0.2) is 158 Å². The van der Waals surface area contributed by atoms with Gasteiger partial charge in [-0.2, -0.15) is 0 Å². The first-order valence-corrected chi connectivity index (χ1v) is 45.7. The van der Waals surface area contributed by atoms with E-state index in [9.17, 15) is 0 Å². The van der Waals surface area contributed by atoms with E-state index in [1.54, 1.807) is 0 Å². The standard InChI is InChI=1S/C112H140/c1-7-13-19-25-31-37-43-49-93-55-67-99(68-56-93)79-85-105-91-111-110(90-84-104-77-65-98(66-78-104)54-48-42-36-30-24-18-12-6)108(88-82-102-73-61-96(62-74-102)52-46-40-34-28-22-16-10-4)106(86-80-100-69-57-94(58-70-100)50-44-38-32-26-20-14-8-2)92-112(111)109(89-83-103-75-63-97(64-76-103)53-47-41-35-29-23-17-11-5)107(105)87-81-101-71-59-95(60-72-101)51-45-39-33-27-21-15-9-3/h55-78,91-92H,7-54H2,1-6H3. The van der Waals surface area contributed by atoms with E-state index in [2.05, 4.69) is 270 Å². The highest BCUT2D eigenvalue weighted by molar-refractivity contribution is 5.99. The zero-order valence-electron chi connectivity index (χ0n) is 71.0. The maximum Gasteiger partial charge on any atom is 0.0568 e. The Kier molecular flexibility index (Phi) is 44.3. The maximum absolute atomic E-state index is 3.88. The summed E-state index contributed by atoms with van der Waals surface area (Å²) in [6, 6.07) is 58.6. The average Bonchev–Trinajstić information content (AvgIpc) is 0.748. The van der Waals surface area contributed by atoms with Crippen LogP contribution in [0.5, 0.6) is 0 Å². The van der Waals surface area contributed by atoms with E-state index in [0.717, 1.165) is 116 Å². The Morgan fingerprint density at radius 3 is 0.482 bits per heavy atom. The van der Waals surface area contributed by atoms with Crippen molar-refractivity contribution in [2.24, 2.45) is 0 Å². The van der Waals surface area contributed by atoms with Gasteiger partial charge in [0.1, 0.15) is 0 Å². The summed E-state index contributed by atoms with van der Waals surface area (Å²) in [6.45, 7) is 13.8. The molecule has 8 aromatic rings. The van der Waals surface area contributed by atoms with Crippen LogP contribution in [-0.2, 0) is 38.5 Å². The van der Waals surface area contributed by atoms with Crippen molar-refractivity contribution in [1.29, 1.82) is 0 Å². The van der Waals surface area contributed by atoms with Crippen molar-refractivity contribution in [2.45, 2.75) is 350 Å². The summed E-state index contributed by atoms with van der Waals surface area (Å²) < 4.78 is 0. The largest absolute Gasteiger partial charge is 0.0654 e. The van der Waals surface area contributed by atoms with E-state index in [1.807, 2.05) is 0 Å². The number of unbranched alkanes of at least 4 members (excludes halogenated alkanes) is 36. The minimum Gasteiger partial charge on any atom is -0.0654 e. The van der Waals surface area contributed by atoms with Crippen LogP contribution >= 0.6 is 0 Å². The van der Waals surface area contributed by atoms with Gasteiger partial charge < -0.3 is 0 Å². The van der Waals surface area contributed by atoms with Gasteiger partial charge in [0.05, 0.1) is 11.1 Å². The number of aryl methyl sites for hydroxylation is 6. The third-order valence-corrected chi connectivity index (χ3v) is 22.6. The van der Waals surface area contributed by atoms with Crippen LogP contribution in [0.3, 0.4) is 0 Å². The molecule has 0 spiro atoms. The van der Waals surface area contributed by atoms with Gasteiger partial charge in [-0.3, -0.25) is 0 Å². The summed E-state index contributed by atoms with van der Waals surface area (Å²) in [5.41, 5.74) is 18.8. The molecule has 588 valence electrons. The lowest BCUT2D eigenvalue weighted by Crippen LogP contribution is -2.00. The molecule has 0 heteroatoms. The maximum atomic E-state index is 3.88. The summed E-state index contributed by atoms with van der Waals surface area (Å²) in [5, 5.41) is 1.86. The van der Waals surface area contributed by atoms with Crippen molar-refractivity contribution in [3.8, 4) is 71.0 Å². The van der Waals surface area contributed by atoms with Gasteiger partial charge in [0.15, 0.2) is 0 Å². The molecule has 8 aromatic carbocycles. The third-order valence-electron chi connectivity index (χ3n) is 22.6. The fourth-order valence-electron chi connectivity index (χ4n) is 15.3. The molecule has 0 aliphatic rings. The molecule has 0 saturated heterocycles. The number of hydrogen-bond donors (Lipinski definition) is 0. The number of hydrogen-bond acceptors (Lipinski definition) is 0. The lowest BCUT2D eigenvalue weighted by atomic mass is 9.87. The first kappa shape index (κ1) is 88.9. The molecule has 0 aromatic heterocycles. The van der Waals surface area contributed by atoms with E-state index < -0.39 is 0 Å². The Morgan fingerprint density at radius 2 is 0.304 bits per heavy atom. The predicted molar refractivity (Wildman–Crippen MR) is 489 cm³/mol. The summed E-state index contributed by atoms with van der Waals surface area (Å²) in [5.74, 6) is 45.4. The monoisotopic (exact) mass is 1490 g/mol. The van der Waals surface area contributed by atoms with Crippen LogP contribution in [0.4, 0.5) is 0 Å². The van der Waals surface area contributed by atoms with Gasteiger partial charge >= 0.3 is 0 Å². The highest BCUT2D eigenvalue weighted by Crippen LogP contribution is 2.33. The molecule has 112 heavy (non-hydrogen) atoms. The number of fused-ring (bicyclic) bond motifs is 1. The molecule has 0 nitrogen and oxygen atoms in total. The highest BCUT2D eigenvalue weighted by Gasteiger charge is 2.19. The van der Waals surface area contributed by atoms with E-state index >= 15 is 0 Å². The van der Waals surface area contributed by atoms with Crippen LogP contribution in [0.25, 0.3) is 10.8 Å². The van der Waals surface area contributed by atoms with Gasteiger partial charge in [0.2, 0.25) is 0 Å². The van der Waals surface area contributed by atoms with E-state index in [0.29, 0.717) is 0 Å². The molecule has 0 aliphatic carbocycles. The van der Waals surface area contributed by atoms with Crippen molar-refractivity contribution in [2.75, 3.05) is 0 Å². The summed E-state index contributed by atoms with van der Waals surface area (Å²) >= 11 is 0. The molecule has 0 aliphatic heterocycles. The summed E-state index contributed by atoms with van der Waals surface area (Å²) in [4.78, 5) is 0. The van der Waals surface area contributed by atoms with E-state index in [4.69, 9.17) is 0 Å². The van der Waals surface area contributed by atoms with Crippen LogP contribution in [-0.4, -0.2) is 0 Å². The van der Waals surface area contributed by atoms with Crippen LogP contribution in [0.1, 0.15) is 411 Å². The van der Waals surface area contributed by atoms with E-state index in [1.165, 1.54) is 303 Å². The quantitative estimate of drug-likeness (QED) is 0.0263. The lowest BCUT2D eigenvalue weighted by molar-refractivity contribution is 0.589. The van der Waals surface area contributed by atoms with Crippen LogP contribution in [0, 0.1) is 71.0 Å². The molecular weight excluding hydrogens is 1350 g/mol. The third kappa shape index (κ3) is 34.8. The second kappa shape index (κ2) is 55.8.